The molecule has 1 aromatic rings. The largest absolute Gasteiger partial charge is 0.449 e. The second-order valence-corrected chi connectivity index (χ2v) is 4.08. The average Bonchev–Trinajstić information content (AvgIpc) is 2.36. The lowest BCUT2D eigenvalue weighted by molar-refractivity contribution is 0.0912. The molecule has 0 atom stereocenters. The topological polar surface area (TPSA) is 67.4 Å². The molecule has 0 heterocycles. The molecule has 18 heavy (non-hydrogen) atoms. The molecule has 1 rings (SSSR count). The first-order valence-corrected chi connectivity index (χ1v) is 5.87. The van der Waals surface area contributed by atoms with Gasteiger partial charge in [-0.2, -0.15) is 0 Å². The number of carbonyl (C=O) groups excluding carboxylic acids is 2. The van der Waals surface area contributed by atoms with Crippen LogP contribution in [0.3, 0.4) is 0 Å². The van der Waals surface area contributed by atoms with Gasteiger partial charge in [0.25, 0.3) is 5.91 Å². The molecule has 0 aliphatic rings. The van der Waals surface area contributed by atoms with Gasteiger partial charge in [0, 0.05) is 5.56 Å². The zero-order valence-electron chi connectivity index (χ0n) is 10.8. The predicted octanol–water partition coefficient (Wildman–Crippen LogP) is 2.20. The van der Waals surface area contributed by atoms with E-state index in [1.165, 1.54) is 0 Å². The van der Waals surface area contributed by atoms with Crippen LogP contribution in [0.25, 0.3) is 0 Å². The zero-order chi connectivity index (χ0) is 13.5. The summed E-state index contributed by atoms with van der Waals surface area (Å²) in [6.45, 7) is 6.10. The monoisotopic (exact) mass is 250 g/mol. The van der Waals surface area contributed by atoms with Crippen molar-refractivity contribution in [2.45, 2.75) is 26.7 Å². The molecule has 0 saturated heterocycles. The number of hydrazine groups is 1. The molecule has 2 amide bonds. The van der Waals surface area contributed by atoms with E-state index in [2.05, 4.69) is 29.4 Å². The molecule has 0 aliphatic heterocycles. The van der Waals surface area contributed by atoms with E-state index in [0.717, 1.165) is 5.56 Å². The Kier molecular flexibility index (Phi) is 5.17. The van der Waals surface area contributed by atoms with Gasteiger partial charge in [0.1, 0.15) is 0 Å². The number of hydrogen-bond acceptors (Lipinski definition) is 3. The van der Waals surface area contributed by atoms with Gasteiger partial charge in [-0.1, -0.05) is 26.0 Å². The Morgan fingerprint density at radius 1 is 1.17 bits per heavy atom. The minimum Gasteiger partial charge on any atom is -0.449 e. The van der Waals surface area contributed by atoms with E-state index < -0.39 is 6.09 Å². The van der Waals surface area contributed by atoms with Gasteiger partial charge in [-0.05, 0) is 30.5 Å². The third kappa shape index (κ3) is 4.08. The Labute approximate surface area is 106 Å². The van der Waals surface area contributed by atoms with Crippen LogP contribution < -0.4 is 10.9 Å². The van der Waals surface area contributed by atoms with Crippen LogP contribution in [0.5, 0.6) is 0 Å². The fourth-order valence-electron chi connectivity index (χ4n) is 1.37. The van der Waals surface area contributed by atoms with Gasteiger partial charge in [-0.25, -0.2) is 10.2 Å². The number of nitrogens with one attached hydrogen (secondary N) is 2. The van der Waals surface area contributed by atoms with Gasteiger partial charge in [0.05, 0.1) is 6.61 Å². The summed E-state index contributed by atoms with van der Waals surface area (Å²) in [5.74, 6) is 0.0399. The molecule has 0 saturated carbocycles. The summed E-state index contributed by atoms with van der Waals surface area (Å²) in [6.07, 6.45) is -0.676. The normalized spacial score (nSPS) is 10.0. The van der Waals surface area contributed by atoms with Crippen molar-refractivity contribution in [1.82, 2.24) is 10.9 Å². The summed E-state index contributed by atoms with van der Waals surface area (Å²) in [5.41, 5.74) is 6.07. The van der Waals surface area contributed by atoms with Crippen molar-refractivity contribution in [2.75, 3.05) is 6.61 Å². The number of benzene rings is 1. The maximum atomic E-state index is 11.7. The summed E-state index contributed by atoms with van der Waals surface area (Å²) in [6, 6.07) is 7.23. The van der Waals surface area contributed by atoms with E-state index in [1.807, 2.05) is 12.1 Å². The van der Waals surface area contributed by atoms with Crippen LogP contribution in [0.4, 0.5) is 4.79 Å². The molecular weight excluding hydrogens is 232 g/mol. The fourth-order valence-corrected chi connectivity index (χ4v) is 1.37. The first kappa shape index (κ1) is 14.0. The van der Waals surface area contributed by atoms with Gasteiger partial charge < -0.3 is 4.74 Å². The van der Waals surface area contributed by atoms with E-state index >= 15 is 0 Å². The maximum absolute atomic E-state index is 11.7. The van der Waals surface area contributed by atoms with Gasteiger partial charge >= 0.3 is 6.09 Å². The number of hydrogen-bond donors (Lipinski definition) is 2. The molecule has 0 fully saturated rings. The van der Waals surface area contributed by atoms with Crippen molar-refractivity contribution in [3.05, 3.63) is 35.4 Å². The summed E-state index contributed by atoms with van der Waals surface area (Å²) in [5, 5.41) is 0. The summed E-state index contributed by atoms with van der Waals surface area (Å²) in [7, 11) is 0. The van der Waals surface area contributed by atoms with Gasteiger partial charge in [0.15, 0.2) is 0 Å². The van der Waals surface area contributed by atoms with Crippen LogP contribution in [-0.4, -0.2) is 18.6 Å². The van der Waals surface area contributed by atoms with Crippen LogP contribution in [0, 0.1) is 0 Å². The van der Waals surface area contributed by atoms with Crippen molar-refractivity contribution < 1.29 is 14.3 Å². The molecule has 5 nitrogen and oxygen atoms in total. The average molecular weight is 250 g/mol. The highest BCUT2D eigenvalue weighted by atomic mass is 16.5. The van der Waals surface area contributed by atoms with Crippen LogP contribution in [0.1, 0.15) is 42.6 Å². The molecule has 0 bridgehead atoms. The second-order valence-electron chi connectivity index (χ2n) is 4.08. The van der Waals surface area contributed by atoms with Crippen molar-refractivity contribution in [3.63, 3.8) is 0 Å². The number of amides is 2. The number of rotatable bonds is 3. The Bertz CT molecular complexity index is 413. The SMILES string of the molecule is CCOC(=O)NNC(=O)c1ccc(C(C)C)cc1. The molecule has 2 N–H and O–H groups in total. The van der Waals surface area contributed by atoms with E-state index in [4.69, 9.17) is 0 Å². The van der Waals surface area contributed by atoms with Crippen LogP contribution in [0.15, 0.2) is 24.3 Å². The van der Waals surface area contributed by atoms with E-state index in [1.54, 1.807) is 19.1 Å². The lowest BCUT2D eigenvalue weighted by Crippen LogP contribution is -2.41. The standard InChI is InChI=1S/C13H18N2O3/c1-4-18-13(17)15-14-12(16)11-7-5-10(6-8-11)9(2)3/h5-9H,4H2,1-3H3,(H,14,16)(H,15,17). The van der Waals surface area contributed by atoms with Gasteiger partial charge in [-0.15, -0.1) is 0 Å². The Morgan fingerprint density at radius 2 is 1.78 bits per heavy atom. The maximum Gasteiger partial charge on any atom is 0.426 e. The first-order valence-electron chi connectivity index (χ1n) is 5.87. The third-order valence-corrected chi connectivity index (χ3v) is 2.39. The van der Waals surface area contributed by atoms with E-state index in [0.29, 0.717) is 11.5 Å². The molecule has 0 unspecified atom stereocenters. The summed E-state index contributed by atoms with van der Waals surface area (Å²) >= 11 is 0. The quantitative estimate of drug-likeness (QED) is 0.808. The molecular formula is C13H18N2O3. The van der Waals surface area contributed by atoms with E-state index in [9.17, 15) is 9.59 Å². The summed E-state index contributed by atoms with van der Waals surface area (Å²) < 4.78 is 4.61. The Morgan fingerprint density at radius 3 is 2.28 bits per heavy atom. The first-order chi connectivity index (χ1) is 8.54. The lowest BCUT2D eigenvalue weighted by atomic mass is 10.0. The van der Waals surface area contributed by atoms with Crippen LogP contribution in [0.2, 0.25) is 0 Å². The lowest BCUT2D eigenvalue weighted by Gasteiger charge is -2.08. The smallest absolute Gasteiger partial charge is 0.426 e. The molecule has 0 aliphatic carbocycles. The minimum absolute atomic E-state index is 0.255. The number of carbonyl (C=O) groups is 2. The van der Waals surface area contributed by atoms with E-state index in [-0.39, 0.29) is 12.5 Å². The van der Waals surface area contributed by atoms with Crippen molar-refractivity contribution in [2.24, 2.45) is 0 Å². The molecule has 98 valence electrons. The number of ether oxygens (including phenoxy) is 1. The highest BCUT2D eigenvalue weighted by molar-refractivity contribution is 5.94. The van der Waals surface area contributed by atoms with Crippen molar-refractivity contribution >= 4 is 12.0 Å². The van der Waals surface area contributed by atoms with Gasteiger partial charge in [-0.3, -0.25) is 10.2 Å². The zero-order valence-corrected chi connectivity index (χ0v) is 10.8. The fraction of sp³-hybridized carbons (Fsp3) is 0.385. The highest BCUT2D eigenvalue weighted by Crippen LogP contribution is 2.14. The minimum atomic E-state index is -0.676. The van der Waals surface area contributed by atoms with Crippen molar-refractivity contribution in [1.29, 1.82) is 0 Å². The summed E-state index contributed by atoms with van der Waals surface area (Å²) in [4.78, 5) is 22.6. The predicted molar refractivity (Wildman–Crippen MR) is 68.2 cm³/mol. The molecule has 0 aromatic heterocycles. The molecule has 1 aromatic carbocycles. The highest BCUT2D eigenvalue weighted by Gasteiger charge is 2.07. The molecule has 0 radical (unpaired) electrons. The van der Waals surface area contributed by atoms with Gasteiger partial charge in [0.2, 0.25) is 0 Å². The van der Waals surface area contributed by atoms with Crippen LogP contribution >= 0.6 is 0 Å². The van der Waals surface area contributed by atoms with Crippen LogP contribution in [-0.2, 0) is 4.74 Å². The molecule has 0 spiro atoms. The molecule has 5 heteroatoms. The van der Waals surface area contributed by atoms with Crippen molar-refractivity contribution in [3.8, 4) is 0 Å². The Hall–Kier alpha value is -2.04. The third-order valence-electron chi connectivity index (χ3n) is 2.39. The Balaban J connectivity index is 2.54. The second kappa shape index (κ2) is 6.64.